The molecule has 0 spiro atoms. The minimum atomic E-state index is -0.535. The molecule has 0 aromatic heterocycles. The van der Waals surface area contributed by atoms with Gasteiger partial charge in [0.2, 0.25) is 0 Å². The molecule has 4 heteroatoms. The van der Waals surface area contributed by atoms with Gasteiger partial charge in [-0.2, -0.15) is 0 Å². The van der Waals surface area contributed by atoms with Crippen LogP contribution >= 0.6 is 23.2 Å². The van der Waals surface area contributed by atoms with Gasteiger partial charge in [0, 0.05) is 5.56 Å². The molecule has 0 saturated carbocycles. The lowest BCUT2D eigenvalue weighted by molar-refractivity contribution is 0.108. The molecule has 0 aliphatic rings. The molecule has 2 nitrogen and oxygen atoms in total. The number of rotatable bonds is 4. The number of hydrogen-bond donors (Lipinski definition) is 0. The van der Waals surface area contributed by atoms with Crippen LogP contribution in [0.25, 0.3) is 0 Å². The van der Waals surface area contributed by atoms with E-state index in [2.05, 4.69) is 0 Å². The zero-order valence-corrected chi connectivity index (χ0v) is 11.8. The summed E-state index contributed by atoms with van der Waals surface area (Å²) in [5, 5.41) is -0.161. The van der Waals surface area contributed by atoms with Gasteiger partial charge in [0.15, 0.2) is 0 Å². The summed E-state index contributed by atoms with van der Waals surface area (Å²) in [6.45, 7) is 2.46. The van der Waals surface area contributed by atoms with E-state index in [1.807, 2.05) is 31.2 Å². The Morgan fingerprint density at radius 3 is 2.42 bits per heavy atom. The molecular formula is C15H12Cl2O2. The van der Waals surface area contributed by atoms with Crippen LogP contribution in [0.2, 0.25) is 5.02 Å². The normalized spacial score (nSPS) is 10.3. The summed E-state index contributed by atoms with van der Waals surface area (Å²) in [6.07, 6.45) is 0. The topological polar surface area (TPSA) is 26.3 Å². The molecule has 0 bridgehead atoms. The summed E-state index contributed by atoms with van der Waals surface area (Å²) >= 11 is 11.4. The van der Waals surface area contributed by atoms with Crippen molar-refractivity contribution in [3.8, 4) is 5.75 Å². The first-order valence-corrected chi connectivity index (χ1v) is 6.49. The number of ether oxygens (including phenoxy) is 1. The van der Waals surface area contributed by atoms with Gasteiger partial charge in [-0.1, -0.05) is 41.4 Å². The number of halogens is 2. The van der Waals surface area contributed by atoms with E-state index in [0.29, 0.717) is 22.9 Å². The Bertz CT molecular complexity index is 592. The van der Waals surface area contributed by atoms with E-state index >= 15 is 0 Å². The van der Waals surface area contributed by atoms with Crippen molar-refractivity contribution in [1.29, 1.82) is 0 Å². The molecule has 2 aromatic rings. The second-order valence-electron chi connectivity index (χ2n) is 4.19. The van der Waals surface area contributed by atoms with Gasteiger partial charge in [-0.3, -0.25) is 4.79 Å². The van der Waals surface area contributed by atoms with Crippen LogP contribution < -0.4 is 4.74 Å². The Morgan fingerprint density at radius 2 is 1.84 bits per heavy atom. The molecule has 0 amide bonds. The minimum absolute atomic E-state index is 0.356. The molecule has 0 atom stereocenters. The second kappa shape index (κ2) is 6.09. The summed E-state index contributed by atoms with van der Waals surface area (Å²) in [7, 11) is 0. The van der Waals surface area contributed by atoms with Crippen molar-refractivity contribution < 1.29 is 9.53 Å². The van der Waals surface area contributed by atoms with Gasteiger partial charge in [-0.15, -0.1) is 0 Å². The molecular weight excluding hydrogens is 283 g/mol. The summed E-state index contributed by atoms with van der Waals surface area (Å²) in [5.74, 6) is 0.531. The molecule has 19 heavy (non-hydrogen) atoms. The molecule has 0 saturated heterocycles. The molecule has 0 aliphatic carbocycles. The fraction of sp³-hybridized carbons (Fsp3) is 0.133. The smallest absolute Gasteiger partial charge is 0.252 e. The van der Waals surface area contributed by atoms with E-state index in [1.54, 1.807) is 12.1 Å². The van der Waals surface area contributed by atoms with Gasteiger partial charge in [0.1, 0.15) is 12.4 Å². The predicted octanol–water partition coefficient (Wildman–Crippen LogP) is 4.61. The van der Waals surface area contributed by atoms with Crippen molar-refractivity contribution in [2.45, 2.75) is 13.5 Å². The molecule has 0 heterocycles. The van der Waals surface area contributed by atoms with E-state index in [1.165, 1.54) is 11.6 Å². The van der Waals surface area contributed by atoms with Gasteiger partial charge in [0.25, 0.3) is 5.24 Å². The lowest BCUT2D eigenvalue weighted by Crippen LogP contribution is -1.97. The fourth-order valence-corrected chi connectivity index (χ4v) is 1.94. The third kappa shape index (κ3) is 3.72. The number of benzene rings is 2. The molecule has 2 aromatic carbocycles. The van der Waals surface area contributed by atoms with E-state index in [0.717, 1.165) is 5.56 Å². The van der Waals surface area contributed by atoms with Crippen LogP contribution in [0, 0.1) is 6.92 Å². The third-order valence-electron chi connectivity index (χ3n) is 2.67. The second-order valence-corrected chi connectivity index (χ2v) is 4.94. The molecule has 0 aliphatic heterocycles. The number of carbonyl (C=O) groups is 1. The first kappa shape index (κ1) is 13.9. The first-order chi connectivity index (χ1) is 9.06. The highest BCUT2D eigenvalue weighted by Crippen LogP contribution is 2.26. The Labute approximate surface area is 121 Å². The highest BCUT2D eigenvalue weighted by molar-refractivity contribution is 6.67. The van der Waals surface area contributed by atoms with Crippen molar-refractivity contribution in [2.24, 2.45) is 0 Å². The molecule has 0 fully saturated rings. The zero-order valence-electron chi connectivity index (χ0n) is 10.3. The van der Waals surface area contributed by atoms with Crippen molar-refractivity contribution in [1.82, 2.24) is 0 Å². The number of carbonyl (C=O) groups excluding carboxylic acids is 1. The molecule has 0 N–H and O–H groups in total. The maximum absolute atomic E-state index is 11.0. The summed E-state index contributed by atoms with van der Waals surface area (Å²) in [5.41, 5.74) is 2.61. The van der Waals surface area contributed by atoms with Crippen LogP contribution in [0.1, 0.15) is 21.5 Å². The Hall–Kier alpha value is -1.51. The van der Waals surface area contributed by atoms with Crippen molar-refractivity contribution in [3.63, 3.8) is 0 Å². The summed E-state index contributed by atoms with van der Waals surface area (Å²) in [6, 6.07) is 12.8. The monoisotopic (exact) mass is 294 g/mol. The van der Waals surface area contributed by atoms with E-state index in [-0.39, 0.29) is 0 Å². The van der Waals surface area contributed by atoms with Crippen molar-refractivity contribution in [3.05, 3.63) is 64.2 Å². The fourth-order valence-electron chi connectivity index (χ4n) is 1.59. The maximum Gasteiger partial charge on any atom is 0.252 e. The summed E-state index contributed by atoms with van der Waals surface area (Å²) < 4.78 is 5.61. The zero-order chi connectivity index (χ0) is 13.8. The summed E-state index contributed by atoms with van der Waals surface area (Å²) in [4.78, 5) is 11.0. The molecule has 98 valence electrons. The first-order valence-electron chi connectivity index (χ1n) is 5.74. The quantitative estimate of drug-likeness (QED) is 0.770. The van der Waals surface area contributed by atoms with Gasteiger partial charge < -0.3 is 4.74 Å². The van der Waals surface area contributed by atoms with Crippen molar-refractivity contribution >= 4 is 28.4 Å². The van der Waals surface area contributed by atoms with E-state index in [9.17, 15) is 4.79 Å². The molecule has 2 rings (SSSR count). The van der Waals surface area contributed by atoms with Gasteiger partial charge in [0.05, 0.1) is 5.02 Å². The van der Waals surface area contributed by atoms with Crippen LogP contribution in [0.15, 0.2) is 42.5 Å². The third-order valence-corrected chi connectivity index (χ3v) is 3.19. The van der Waals surface area contributed by atoms with Crippen molar-refractivity contribution in [2.75, 3.05) is 0 Å². The largest absolute Gasteiger partial charge is 0.487 e. The Morgan fingerprint density at radius 1 is 1.16 bits per heavy atom. The van der Waals surface area contributed by atoms with E-state index < -0.39 is 5.24 Å². The lowest BCUT2D eigenvalue weighted by Gasteiger charge is -2.09. The van der Waals surface area contributed by atoms with Crippen LogP contribution in [0.5, 0.6) is 5.75 Å². The van der Waals surface area contributed by atoms with Gasteiger partial charge in [-0.05, 0) is 42.3 Å². The van der Waals surface area contributed by atoms with Crippen LogP contribution in [0.4, 0.5) is 0 Å². The molecule has 0 radical (unpaired) electrons. The number of aryl methyl sites for hydroxylation is 1. The highest BCUT2D eigenvalue weighted by atomic mass is 35.5. The average molecular weight is 295 g/mol. The standard InChI is InChI=1S/C15H12Cl2O2/c1-10-2-4-11(5-3-10)9-19-14-7-6-12(15(17)18)8-13(14)16/h2-8H,9H2,1H3. The van der Waals surface area contributed by atoms with Gasteiger partial charge >= 0.3 is 0 Å². The Kier molecular flexibility index (Phi) is 4.46. The predicted molar refractivity (Wildman–Crippen MR) is 77.1 cm³/mol. The van der Waals surface area contributed by atoms with E-state index in [4.69, 9.17) is 27.9 Å². The van der Waals surface area contributed by atoms with Crippen LogP contribution in [0.3, 0.4) is 0 Å². The van der Waals surface area contributed by atoms with Gasteiger partial charge in [-0.25, -0.2) is 0 Å². The van der Waals surface area contributed by atoms with Crippen LogP contribution in [-0.2, 0) is 6.61 Å². The Balaban J connectivity index is 2.07. The highest BCUT2D eigenvalue weighted by Gasteiger charge is 2.07. The molecule has 0 unspecified atom stereocenters. The van der Waals surface area contributed by atoms with Crippen LogP contribution in [-0.4, -0.2) is 5.24 Å². The SMILES string of the molecule is Cc1ccc(COc2ccc(C(=O)Cl)cc2Cl)cc1. The maximum atomic E-state index is 11.0. The number of hydrogen-bond acceptors (Lipinski definition) is 2. The average Bonchev–Trinajstić information content (AvgIpc) is 2.39. The minimum Gasteiger partial charge on any atom is -0.487 e. The lowest BCUT2D eigenvalue weighted by atomic mass is 10.2.